The lowest BCUT2D eigenvalue weighted by Gasteiger charge is -2.49. The fourth-order valence-corrected chi connectivity index (χ4v) is 3.93. The van der Waals surface area contributed by atoms with Crippen LogP contribution in [0, 0.1) is 11.8 Å². The van der Waals surface area contributed by atoms with Crippen LogP contribution in [0.3, 0.4) is 0 Å². The highest BCUT2D eigenvalue weighted by Gasteiger charge is 2.48. The molecule has 0 radical (unpaired) electrons. The topological polar surface area (TPSA) is 28.2 Å². The molecule has 21 heavy (non-hydrogen) atoms. The summed E-state index contributed by atoms with van der Waals surface area (Å²) in [5.74, 6) is 1.54. The molecule has 2 atom stereocenters. The first kappa shape index (κ1) is 15.4. The number of aromatic nitrogens is 1. The predicted octanol–water partition coefficient (Wildman–Crippen LogP) is 3.44. The Morgan fingerprint density at radius 2 is 2.19 bits per heavy atom. The Labute approximate surface area is 136 Å². The third kappa shape index (κ3) is 3.33. The third-order valence-electron chi connectivity index (χ3n) is 5.26. The summed E-state index contributed by atoms with van der Waals surface area (Å²) in [6, 6.07) is 2.80. The fraction of sp³-hybridized carbons (Fsp3) is 0.706. The molecule has 116 valence electrons. The molecule has 1 saturated heterocycles. The number of rotatable bonds is 4. The van der Waals surface area contributed by atoms with Gasteiger partial charge in [0.2, 0.25) is 0 Å². The van der Waals surface area contributed by atoms with Crippen LogP contribution in [-0.4, -0.2) is 34.6 Å². The molecule has 1 aromatic heterocycles. The normalized spacial score (nSPS) is 30.8. The van der Waals surface area contributed by atoms with E-state index in [0.29, 0.717) is 17.5 Å². The van der Waals surface area contributed by atoms with Gasteiger partial charge < -0.3 is 5.32 Å². The summed E-state index contributed by atoms with van der Waals surface area (Å²) >= 11 is 3.54. The third-order valence-corrected chi connectivity index (χ3v) is 5.69. The van der Waals surface area contributed by atoms with E-state index in [0.717, 1.165) is 30.0 Å². The second-order valence-corrected chi connectivity index (χ2v) is 8.17. The first-order valence-corrected chi connectivity index (χ1v) is 8.86. The molecular formula is C17H26BrN3. The van der Waals surface area contributed by atoms with Gasteiger partial charge in [-0.05, 0) is 59.2 Å². The van der Waals surface area contributed by atoms with E-state index in [9.17, 15) is 0 Å². The van der Waals surface area contributed by atoms with E-state index in [-0.39, 0.29) is 0 Å². The second-order valence-electron chi connectivity index (χ2n) is 7.25. The molecule has 1 saturated carbocycles. The summed E-state index contributed by atoms with van der Waals surface area (Å²) in [5, 5.41) is 3.79. The zero-order valence-electron chi connectivity index (χ0n) is 13.3. The van der Waals surface area contributed by atoms with Crippen LogP contribution < -0.4 is 5.32 Å². The second kappa shape index (κ2) is 5.98. The lowest BCUT2D eigenvalue weighted by Crippen LogP contribution is -2.65. The zero-order chi connectivity index (χ0) is 15.0. The van der Waals surface area contributed by atoms with Crippen molar-refractivity contribution in [2.75, 3.05) is 13.1 Å². The Kier molecular flexibility index (Phi) is 4.40. The molecule has 2 unspecified atom stereocenters. The van der Waals surface area contributed by atoms with Crippen LogP contribution >= 0.6 is 15.9 Å². The molecule has 0 amide bonds. The average Bonchev–Trinajstić information content (AvgIpc) is 3.26. The molecular weight excluding hydrogens is 326 g/mol. The van der Waals surface area contributed by atoms with Crippen molar-refractivity contribution in [1.29, 1.82) is 0 Å². The van der Waals surface area contributed by atoms with Crippen molar-refractivity contribution >= 4 is 15.9 Å². The van der Waals surface area contributed by atoms with Gasteiger partial charge in [-0.15, -0.1) is 0 Å². The number of halogens is 1. The number of nitrogens with zero attached hydrogens (tertiary/aromatic N) is 2. The minimum atomic E-state index is 0.299. The van der Waals surface area contributed by atoms with Crippen LogP contribution in [0.2, 0.25) is 0 Å². The number of hydrogen-bond acceptors (Lipinski definition) is 3. The van der Waals surface area contributed by atoms with Crippen LogP contribution in [-0.2, 0) is 6.54 Å². The van der Waals surface area contributed by atoms with Gasteiger partial charge in [-0.2, -0.15) is 0 Å². The number of nitrogens with one attached hydrogen (secondary N) is 1. The molecule has 2 heterocycles. The molecule has 1 aromatic rings. The van der Waals surface area contributed by atoms with Gasteiger partial charge in [-0.3, -0.25) is 9.88 Å². The summed E-state index contributed by atoms with van der Waals surface area (Å²) < 4.78 is 1.07. The van der Waals surface area contributed by atoms with Crippen molar-refractivity contribution in [3.63, 3.8) is 0 Å². The molecule has 0 spiro atoms. The maximum Gasteiger partial charge on any atom is 0.0410 e. The monoisotopic (exact) mass is 351 g/mol. The first-order valence-electron chi connectivity index (χ1n) is 8.07. The van der Waals surface area contributed by atoms with Crippen LogP contribution in [0.4, 0.5) is 0 Å². The van der Waals surface area contributed by atoms with Gasteiger partial charge in [0.15, 0.2) is 0 Å². The molecule has 4 heteroatoms. The summed E-state index contributed by atoms with van der Waals surface area (Å²) in [7, 11) is 0. The largest absolute Gasteiger partial charge is 0.311 e. The highest BCUT2D eigenvalue weighted by atomic mass is 79.9. The van der Waals surface area contributed by atoms with E-state index in [1.165, 1.54) is 18.4 Å². The van der Waals surface area contributed by atoms with Crippen LogP contribution in [0.1, 0.15) is 39.2 Å². The van der Waals surface area contributed by atoms with Crippen molar-refractivity contribution in [3.8, 4) is 0 Å². The molecule has 2 fully saturated rings. The lowest BCUT2D eigenvalue weighted by molar-refractivity contribution is 0.0186. The SMILES string of the molecule is CC(C)C1CN(Cc2cncc(Br)c2)C(C)(C2CC2)CN1. The molecule has 1 N–H and O–H groups in total. The Bertz CT molecular complexity index is 501. The maximum absolute atomic E-state index is 4.32. The van der Waals surface area contributed by atoms with Gasteiger partial charge in [-0.1, -0.05) is 13.8 Å². The predicted molar refractivity (Wildman–Crippen MR) is 90.1 cm³/mol. The minimum absolute atomic E-state index is 0.299. The van der Waals surface area contributed by atoms with Crippen molar-refractivity contribution in [3.05, 3.63) is 28.5 Å². The fourth-order valence-electron chi connectivity index (χ4n) is 3.52. The van der Waals surface area contributed by atoms with E-state index >= 15 is 0 Å². The summed E-state index contributed by atoms with van der Waals surface area (Å²) in [6.07, 6.45) is 6.64. The molecule has 0 bridgehead atoms. The average molecular weight is 352 g/mol. The number of piperazine rings is 1. The quantitative estimate of drug-likeness (QED) is 0.900. The van der Waals surface area contributed by atoms with Crippen molar-refractivity contribution in [2.45, 2.75) is 51.7 Å². The highest BCUT2D eigenvalue weighted by Crippen LogP contribution is 2.44. The van der Waals surface area contributed by atoms with Crippen LogP contribution in [0.15, 0.2) is 22.9 Å². The maximum atomic E-state index is 4.32. The first-order chi connectivity index (χ1) is 9.99. The van der Waals surface area contributed by atoms with Crippen LogP contribution in [0.5, 0.6) is 0 Å². The van der Waals surface area contributed by atoms with Gasteiger partial charge in [0.1, 0.15) is 0 Å². The summed E-state index contributed by atoms with van der Waals surface area (Å²) in [5.41, 5.74) is 1.61. The van der Waals surface area contributed by atoms with Gasteiger partial charge in [0.25, 0.3) is 0 Å². The van der Waals surface area contributed by atoms with E-state index < -0.39 is 0 Å². The van der Waals surface area contributed by atoms with E-state index in [1.54, 1.807) is 0 Å². The number of hydrogen-bond donors (Lipinski definition) is 1. The minimum Gasteiger partial charge on any atom is -0.311 e. The van der Waals surface area contributed by atoms with Gasteiger partial charge >= 0.3 is 0 Å². The Hall–Kier alpha value is -0.450. The highest BCUT2D eigenvalue weighted by molar-refractivity contribution is 9.10. The van der Waals surface area contributed by atoms with Gasteiger partial charge in [0.05, 0.1) is 0 Å². The molecule has 2 aliphatic rings. The Balaban J connectivity index is 1.79. The van der Waals surface area contributed by atoms with Gasteiger partial charge in [-0.25, -0.2) is 0 Å². The molecule has 0 aromatic carbocycles. The Morgan fingerprint density at radius 1 is 1.43 bits per heavy atom. The Morgan fingerprint density at radius 3 is 2.81 bits per heavy atom. The standard InChI is InChI=1S/C17H26BrN3/c1-12(2)16-10-21(9-13-6-15(18)8-19-7-13)17(3,11-20-16)14-4-5-14/h6-8,12,14,16,20H,4-5,9-11H2,1-3H3. The van der Waals surface area contributed by atoms with E-state index in [1.807, 2.05) is 12.4 Å². The van der Waals surface area contributed by atoms with Crippen molar-refractivity contribution < 1.29 is 0 Å². The number of pyridine rings is 1. The summed E-state index contributed by atoms with van der Waals surface area (Å²) in [6.45, 7) is 10.3. The van der Waals surface area contributed by atoms with E-state index in [4.69, 9.17) is 0 Å². The van der Waals surface area contributed by atoms with Gasteiger partial charge in [0, 0.05) is 48.1 Å². The smallest absolute Gasteiger partial charge is 0.0410 e. The van der Waals surface area contributed by atoms with Crippen molar-refractivity contribution in [1.82, 2.24) is 15.2 Å². The van der Waals surface area contributed by atoms with Crippen LogP contribution in [0.25, 0.3) is 0 Å². The molecule has 1 aliphatic heterocycles. The zero-order valence-corrected chi connectivity index (χ0v) is 14.9. The van der Waals surface area contributed by atoms with E-state index in [2.05, 4.69) is 58.0 Å². The van der Waals surface area contributed by atoms with Crippen molar-refractivity contribution in [2.24, 2.45) is 11.8 Å². The molecule has 1 aliphatic carbocycles. The molecule has 3 rings (SSSR count). The molecule has 3 nitrogen and oxygen atoms in total. The summed E-state index contributed by atoms with van der Waals surface area (Å²) in [4.78, 5) is 7.03. The lowest BCUT2D eigenvalue weighted by atomic mass is 9.87.